The van der Waals surface area contributed by atoms with E-state index in [1.165, 1.54) is 0 Å². The van der Waals surface area contributed by atoms with E-state index in [9.17, 15) is 9.90 Å². The first-order valence-electron chi connectivity index (χ1n) is 7.49. The van der Waals surface area contributed by atoms with Gasteiger partial charge in [0.1, 0.15) is 5.76 Å². The predicted molar refractivity (Wildman–Crippen MR) is 101 cm³/mol. The molecule has 1 amide bonds. The van der Waals surface area contributed by atoms with Gasteiger partial charge in [0.05, 0.1) is 11.9 Å². The van der Waals surface area contributed by atoms with Crippen molar-refractivity contribution in [3.63, 3.8) is 0 Å². The van der Waals surface area contributed by atoms with Crippen LogP contribution in [-0.4, -0.2) is 46.3 Å². The third-order valence-corrected chi connectivity index (χ3v) is 4.92. The van der Waals surface area contributed by atoms with Crippen LogP contribution in [0.4, 0.5) is 0 Å². The molecule has 1 fully saturated rings. The molecule has 1 aliphatic heterocycles. The molecule has 0 bridgehead atoms. The molecule has 2 aromatic rings. The first-order valence-corrected chi connectivity index (χ1v) is 8.48. The zero-order valence-corrected chi connectivity index (χ0v) is 16.1. The molecule has 7 nitrogen and oxygen atoms in total. The number of aromatic nitrogens is 2. The molecule has 1 saturated heterocycles. The molecule has 3 N–H and O–H groups in total. The first kappa shape index (κ1) is 21.9. The van der Waals surface area contributed by atoms with Crippen LogP contribution in [0.1, 0.15) is 16.3 Å². The molecular formula is C15H22Cl2N4O3S. The van der Waals surface area contributed by atoms with Gasteiger partial charge in [-0.3, -0.25) is 4.79 Å². The lowest BCUT2D eigenvalue weighted by Gasteiger charge is -2.13. The summed E-state index contributed by atoms with van der Waals surface area (Å²) in [5.41, 5.74) is 0. The molecule has 140 valence electrons. The lowest BCUT2D eigenvalue weighted by Crippen LogP contribution is -2.34. The molecule has 2 unspecified atom stereocenters. The second kappa shape index (κ2) is 10.1. The number of thioether (sulfide) groups is 1. The Morgan fingerprint density at radius 3 is 2.92 bits per heavy atom. The highest BCUT2D eigenvalue weighted by atomic mass is 35.5. The van der Waals surface area contributed by atoms with Crippen LogP contribution in [0, 0.1) is 5.92 Å². The second-order valence-corrected chi connectivity index (χ2v) is 6.51. The summed E-state index contributed by atoms with van der Waals surface area (Å²) in [6, 6.07) is 3.48. The molecule has 0 aliphatic carbocycles. The smallest absolute Gasteiger partial charge is 0.287 e. The molecule has 0 radical (unpaired) electrons. The van der Waals surface area contributed by atoms with Crippen molar-refractivity contribution in [1.29, 1.82) is 0 Å². The third-order valence-electron chi connectivity index (χ3n) is 3.83. The largest absolute Gasteiger partial charge is 0.455 e. The number of aliphatic hydroxyl groups excluding tert-OH is 1. The summed E-state index contributed by atoms with van der Waals surface area (Å²) >= 11 is 1.55. The minimum absolute atomic E-state index is 0. The highest BCUT2D eigenvalue weighted by Gasteiger charge is 2.25. The van der Waals surface area contributed by atoms with Crippen molar-refractivity contribution >= 4 is 42.5 Å². The van der Waals surface area contributed by atoms with Crippen molar-refractivity contribution in [3.8, 4) is 0 Å². The van der Waals surface area contributed by atoms with E-state index in [0.717, 1.165) is 10.9 Å². The number of amides is 1. The standard InChI is InChI=1S/C15H20N4O3S.2ClH/c1-19-5-4-17-15(19)23-9-11-2-3-13(22-11)14(21)18-7-10-6-16-8-12(10)20;;/h2-5,10,12,16,20H,6-9H2,1H3,(H,18,21);2*1H. The van der Waals surface area contributed by atoms with Crippen LogP contribution in [-0.2, 0) is 12.8 Å². The van der Waals surface area contributed by atoms with Gasteiger partial charge in [-0.05, 0) is 12.1 Å². The van der Waals surface area contributed by atoms with E-state index in [1.807, 2.05) is 17.8 Å². The van der Waals surface area contributed by atoms with Crippen molar-refractivity contribution in [3.05, 3.63) is 36.0 Å². The molecule has 0 aromatic carbocycles. The number of imidazole rings is 1. The quantitative estimate of drug-likeness (QED) is 0.626. The van der Waals surface area contributed by atoms with E-state index in [1.54, 1.807) is 30.1 Å². The van der Waals surface area contributed by atoms with Crippen LogP contribution in [0.3, 0.4) is 0 Å². The van der Waals surface area contributed by atoms with Crippen LogP contribution < -0.4 is 10.6 Å². The van der Waals surface area contributed by atoms with Crippen LogP contribution in [0.15, 0.2) is 34.1 Å². The van der Waals surface area contributed by atoms with E-state index >= 15 is 0 Å². The van der Waals surface area contributed by atoms with Crippen molar-refractivity contribution in [2.24, 2.45) is 13.0 Å². The van der Waals surface area contributed by atoms with Crippen molar-refractivity contribution in [2.75, 3.05) is 19.6 Å². The molecule has 2 aromatic heterocycles. The Bertz CT molecular complexity index is 679. The number of aliphatic hydroxyl groups is 1. The van der Waals surface area contributed by atoms with Gasteiger partial charge in [-0.15, -0.1) is 24.8 Å². The molecule has 2 atom stereocenters. The number of hydrogen-bond donors (Lipinski definition) is 3. The maximum Gasteiger partial charge on any atom is 0.287 e. The number of aryl methyl sites for hydroxylation is 1. The van der Waals surface area contributed by atoms with Crippen LogP contribution >= 0.6 is 36.6 Å². The van der Waals surface area contributed by atoms with Gasteiger partial charge in [0.25, 0.3) is 5.91 Å². The van der Waals surface area contributed by atoms with Gasteiger partial charge in [-0.2, -0.15) is 0 Å². The normalized spacial score (nSPS) is 19.1. The highest BCUT2D eigenvalue weighted by molar-refractivity contribution is 7.98. The maximum atomic E-state index is 12.1. The highest BCUT2D eigenvalue weighted by Crippen LogP contribution is 2.21. The fourth-order valence-electron chi connectivity index (χ4n) is 2.44. The number of hydrogen-bond acceptors (Lipinski definition) is 6. The van der Waals surface area contributed by atoms with E-state index in [4.69, 9.17) is 4.42 Å². The molecule has 3 rings (SSSR count). The summed E-state index contributed by atoms with van der Waals surface area (Å²) < 4.78 is 7.51. The van der Waals surface area contributed by atoms with E-state index in [2.05, 4.69) is 15.6 Å². The van der Waals surface area contributed by atoms with Gasteiger partial charge in [-0.1, -0.05) is 11.8 Å². The molecule has 1 aliphatic rings. The van der Waals surface area contributed by atoms with E-state index in [-0.39, 0.29) is 36.6 Å². The van der Waals surface area contributed by atoms with Crippen LogP contribution in [0.5, 0.6) is 0 Å². The molecular weight excluding hydrogens is 387 g/mol. The minimum Gasteiger partial charge on any atom is -0.455 e. The number of carbonyl (C=O) groups excluding carboxylic acids is 1. The summed E-state index contributed by atoms with van der Waals surface area (Å²) in [6.45, 7) is 1.73. The molecule has 0 saturated carbocycles. The Balaban J connectivity index is 0.00000156. The number of furan rings is 1. The van der Waals surface area contributed by atoms with Crippen LogP contribution in [0.25, 0.3) is 0 Å². The lowest BCUT2D eigenvalue weighted by atomic mass is 10.1. The second-order valence-electron chi connectivity index (χ2n) is 5.57. The summed E-state index contributed by atoms with van der Waals surface area (Å²) in [7, 11) is 1.93. The van der Waals surface area contributed by atoms with E-state index in [0.29, 0.717) is 31.1 Å². The van der Waals surface area contributed by atoms with Crippen molar-refractivity contribution in [1.82, 2.24) is 20.2 Å². The Morgan fingerprint density at radius 1 is 1.48 bits per heavy atom. The number of nitrogens with zero attached hydrogens (tertiary/aromatic N) is 2. The SMILES string of the molecule is Cl.Cl.Cn1ccnc1SCc1ccc(C(=O)NCC2CNCC2O)o1. The Kier molecular flexibility index (Phi) is 8.81. The molecule has 10 heteroatoms. The summed E-state index contributed by atoms with van der Waals surface area (Å²) in [5.74, 6) is 1.43. The zero-order valence-electron chi connectivity index (χ0n) is 13.7. The molecule has 3 heterocycles. The number of carbonyl (C=O) groups is 1. The average molecular weight is 409 g/mol. The summed E-state index contributed by atoms with van der Waals surface area (Å²) in [4.78, 5) is 16.3. The summed E-state index contributed by atoms with van der Waals surface area (Å²) in [5, 5.41) is 16.5. The Labute approximate surface area is 162 Å². The Hall–Kier alpha value is -1.19. The third kappa shape index (κ3) is 5.65. The van der Waals surface area contributed by atoms with Gasteiger partial charge >= 0.3 is 0 Å². The van der Waals surface area contributed by atoms with Gasteiger partial charge in [0, 0.05) is 45.0 Å². The van der Waals surface area contributed by atoms with Gasteiger partial charge in [-0.25, -0.2) is 4.98 Å². The van der Waals surface area contributed by atoms with Crippen molar-refractivity contribution < 1.29 is 14.3 Å². The zero-order chi connectivity index (χ0) is 16.2. The molecule has 0 spiro atoms. The van der Waals surface area contributed by atoms with Crippen molar-refractivity contribution in [2.45, 2.75) is 17.0 Å². The number of nitrogens with one attached hydrogen (secondary N) is 2. The van der Waals surface area contributed by atoms with Gasteiger partial charge in [0.2, 0.25) is 0 Å². The lowest BCUT2D eigenvalue weighted by molar-refractivity contribution is 0.0898. The number of rotatable bonds is 6. The fourth-order valence-corrected chi connectivity index (χ4v) is 3.27. The predicted octanol–water partition coefficient (Wildman–Crippen LogP) is 1.46. The maximum absolute atomic E-state index is 12.1. The molecule has 25 heavy (non-hydrogen) atoms. The first-order chi connectivity index (χ1) is 11.1. The fraction of sp³-hybridized carbons (Fsp3) is 0.467. The number of β-amino-alcohol motifs (C(OH)–C–C–N with tert-alkyl or cyclic N) is 1. The topological polar surface area (TPSA) is 92.3 Å². The van der Waals surface area contributed by atoms with Gasteiger partial charge in [0.15, 0.2) is 10.9 Å². The van der Waals surface area contributed by atoms with Gasteiger partial charge < -0.3 is 24.7 Å². The Morgan fingerprint density at radius 2 is 2.28 bits per heavy atom. The minimum atomic E-state index is -0.406. The van der Waals surface area contributed by atoms with E-state index < -0.39 is 6.10 Å². The van der Waals surface area contributed by atoms with Crippen LogP contribution in [0.2, 0.25) is 0 Å². The number of halogens is 2. The monoisotopic (exact) mass is 408 g/mol. The summed E-state index contributed by atoms with van der Waals surface area (Å²) in [6.07, 6.45) is 3.22. The average Bonchev–Trinajstić information content (AvgIpc) is 3.25.